The molecule has 0 saturated carbocycles. The molecule has 1 aromatic heterocycles. The van der Waals surface area contributed by atoms with Crippen molar-refractivity contribution in [3.05, 3.63) is 47.0 Å². The van der Waals surface area contributed by atoms with Gasteiger partial charge in [-0.25, -0.2) is 4.98 Å². The number of imidazole rings is 1. The van der Waals surface area contributed by atoms with Gasteiger partial charge in [-0.3, -0.25) is 9.59 Å². The van der Waals surface area contributed by atoms with Crippen LogP contribution in [0.25, 0.3) is 11.0 Å². The van der Waals surface area contributed by atoms with Crippen LogP contribution in [0.4, 0.5) is 5.69 Å². The van der Waals surface area contributed by atoms with Crippen molar-refractivity contribution in [2.75, 3.05) is 17.3 Å². The van der Waals surface area contributed by atoms with Crippen molar-refractivity contribution in [2.24, 2.45) is 7.05 Å². The lowest BCUT2D eigenvalue weighted by molar-refractivity contribution is -0.114. The van der Waals surface area contributed by atoms with Crippen LogP contribution in [0.5, 0.6) is 0 Å². The standard InChI is InChI=1S/C19H18ClN3O2S2/c1-11(24)21-14-6-4-12(8-18(14)26-3)17(25)10-27-19-22-15-9-13(20)5-7-16(15)23(19)2/h4-9H,10H2,1-3H3,(H,21,24). The fourth-order valence-electron chi connectivity index (χ4n) is 2.65. The number of amides is 1. The lowest BCUT2D eigenvalue weighted by Gasteiger charge is -2.10. The summed E-state index contributed by atoms with van der Waals surface area (Å²) in [6, 6.07) is 10.9. The first-order valence-corrected chi connectivity index (χ1v) is 10.7. The average molecular weight is 420 g/mol. The van der Waals surface area contributed by atoms with Crippen molar-refractivity contribution in [2.45, 2.75) is 17.0 Å². The monoisotopic (exact) mass is 419 g/mol. The average Bonchev–Trinajstić information content (AvgIpc) is 2.94. The van der Waals surface area contributed by atoms with E-state index in [0.29, 0.717) is 16.3 Å². The summed E-state index contributed by atoms with van der Waals surface area (Å²) in [6.45, 7) is 1.46. The number of hydrogen-bond donors (Lipinski definition) is 1. The second kappa shape index (κ2) is 8.37. The van der Waals surface area contributed by atoms with Crippen molar-refractivity contribution in [1.82, 2.24) is 9.55 Å². The summed E-state index contributed by atoms with van der Waals surface area (Å²) in [5.74, 6) is 0.148. The van der Waals surface area contributed by atoms with Gasteiger partial charge in [0.05, 0.1) is 22.5 Å². The fourth-order valence-corrected chi connectivity index (χ4v) is 4.28. The van der Waals surface area contributed by atoms with Gasteiger partial charge in [0.2, 0.25) is 5.91 Å². The van der Waals surface area contributed by atoms with Crippen LogP contribution in [-0.2, 0) is 11.8 Å². The summed E-state index contributed by atoms with van der Waals surface area (Å²) in [4.78, 5) is 29.3. The summed E-state index contributed by atoms with van der Waals surface area (Å²) in [5.41, 5.74) is 3.11. The van der Waals surface area contributed by atoms with Gasteiger partial charge in [0.15, 0.2) is 10.9 Å². The zero-order valence-electron chi connectivity index (χ0n) is 15.1. The van der Waals surface area contributed by atoms with Crippen molar-refractivity contribution >= 4 is 63.5 Å². The van der Waals surface area contributed by atoms with E-state index in [4.69, 9.17) is 11.6 Å². The van der Waals surface area contributed by atoms with Crippen LogP contribution in [0.2, 0.25) is 5.02 Å². The predicted octanol–water partition coefficient (Wildman–Crippen LogP) is 4.88. The Bertz CT molecular complexity index is 1030. The molecule has 27 heavy (non-hydrogen) atoms. The van der Waals surface area contributed by atoms with Gasteiger partial charge in [-0.05, 0) is 42.7 Å². The number of halogens is 1. The van der Waals surface area contributed by atoms with Crippen LogP contribution in [-0.4, -0.2) is 33.3 Å². The van der Waals surface area contributed by atoms with E-state index in [1.54, 1.807) is 12.1 Å². The summed E-state index contributed by atoms with van der Waals surface area (Å²) in [7, 11) is 1.92. The first kappa shape index (κ1) is 19.8. The van der Waals surface area contributed by atoms with Gasteiger partial charge in [0.1, 0.15) is 0 Å². The van der Waals surface area contributed by atoms with Crippen LogP contribution >= 0.6 is 35.1 Å². The maximum absolute atomic E-state index is 12.6. The Morgan fingerprint density at radius 1 is 1.22 bits per heavy atom. The molecule has 3 rings (SSSR count). The highest BCUT2D eigenvalue weighted by Gasteiger charge is 2.14. The highest BCUT2D eigenvalue weighted by molar-refractivity contribution is 7.99. The molecule has 0 fully saturated rings. The first-order chi connectivity index (χ1) is 12.9. The fraction of sp³-hybridized carbons (Fsp3) is 0.211. The number of nitrogens with zero attached hydrogens (tertiary/aromatic N) is 2. The lowest BCUT2D eigenvalue weighted by atomic mass is 10.1. The number of Topliss-reactive ketones (excluding diaryl/α,β-unsaturated/α-hetero) is 1. The molecule has 140 valence electrons. The maximum Gasteiger partial charge on any atom is 0.221 e. The van der Waals surface area contributed by atoms with Gasteiger partial charge in [0.25, 0.3) is 0 Å². The third-order valence-electron chi connectivity index (χ3n) is 3.97. The molecule has 1 heterocycles. The summed E-state index contributed by atoms with van der Waals surface area (Å²) in [6.07, 6.45) is 1.91. The maximum atomic E-state index is 12.6. The normalized spacial score (nSPS) is 11.0. The van der Waals surface area contributed by atoms with Crippen LogP contribution in [0.15, 0.2) is 46.5 Å². The van der Waals surface area contributed by atoms with Crippen LogP contribution in [0.3, 0.4) is 0 Å². The number of aromatic nitrogens is 2. The van der Waals surface area contributed by atoms with E-state index < -0.39 is 0 Å². The number of aryl methyl sites for hydroxylation is 1. The van der Waals surface area contributed by atoms with E-state index in [2.05, 4.69) is 10.3 Å². The molecule has 1 amide bonds. The number of ketones is 1. The molecular formula is C19H18ClN3O2S2. The zero-order chi connectivity index (χ0) is 19.6. The largest absolute Gasteiger partial charge is 0.325 e. The molecule has 3 aromatic rings. The van der Waals surface area contributed by atoms with E-state index in [9.17, 15) is 9.59 Å². The Kier molecular flexibility index (Phi) is 6.14. The van der Waals surface area contributed by atoms with E-state index >= 15 is 0 Å². The van der Waals surface area contributed by atoms with Gasteiger partial charge in [-0.15, -0.1) is 11.8 Å². The number of fused-ring (bicyclic) bond motifs is 1. The smallest absolute Gasteiger partial charge is 0.221 e. The third kappa shape index (κ3) is 4.48. The van der Waals surface area contributed by atoms with Gasteiger partial charge >= 0.3 is 0 Å². The molecule has 5 nitrogen and oxygen atoms in total. The molecule has 0 bridgehead atoms. The van der Waals surface area contributed by atoms with Gasteiger partial charge in [0, 0.05) is 29.5 Å². The van der Waals surface area contributed by atoms with Gasteiger partial charge in [-0.1, -0.05) is 23.4 Å². The highest BCUT2D eigenvalue weighted by Crippen LogP contribution is 2.29. The van der Waals surface area contributed by atoms with E-state index in [0.717, 1.165) is 21.1 Å². The second-order valence-electron chi connectivity index (χ2n) is 5.89. The topological polar surface area (TPSA) is 64.0 Å². The predicted molar refractivity (Wildman–Crippen MR) is 113 cm³/mol. The minimum absolute atomic E-state index is 0.00904. The summed E-state index contributed by atoms with van der Waals surface area (Å²) >= 11 is 8.90. The molecule has 0 aliphatic carbocycles. The molecule has 1 N–H and O–H groups in total. The number of hydrogen-bond acceptors (Lipinski definition) is 5. The van der Waals surface area contributed by atoms with E-state index in [-0.39, 0.29) is 17.4 Å². The number of thioether (sulfide) groups is 2. The number of carbonyl (C=O) groups excluding carboxylic acids is 2. The van der Waals surface area contributed by atoms with Crippen molar-refractivity contribution < 1.29 is 9.59 Å². The van der Waals surface area contributed by atoms with Crippen LogP contribution in [0, 0.1) is 0 Å². The summed E-state index contributed by atoms with van der Waals surface area (Å²) < 4.78 is 1.96. The molecule has 0 spiro atoms. The van der Waals surface area contributed by atoms with Crippen LogP contribution in [0.1, 0.15) is 17.3 Å². The molecule has 0 aliphatic rings. The highest BCUT2D eigenvalue weighted by atomic mass is 35.5. The van der Waals surface area contributed by atoms with E-state index in [1.165, 1.54) is 30.4 Å². The van der Waals surface area contributed by atoms with Crippen molar-refractivity contribution in [1.29, 1.82) is 0 Å². The van der Waals surface area contributed by atoms with Gasteiger partial charge < -0.3 is 9.88 Å². The number of nitrogens with one attached hydrogen (secondary N) is 1. The molecule has 0 saturated heterocycles. The summed E-state index contributed by atoms with van der Waals surface area (Å²) in [5, 5.41) is 4.18. The molecule has 0 aliphatic heterocycles. The Morgan fingerprint density at radius 3 is 2.70 bits per heavy atom. The van der Waals surface area contributed by atoms with Crippen LogP contribution < -0.4 is 5.32 Å². The third-order valence-corrected chi connectivity index (χ3v) is 6.01. The molecule has 0 atom stereocenters. The second-order valence-corrected chi connectivity index (χ2v) is 8.12. The Labute approximate surface area is 170 Å². The van der Waals surface area contributed by atoms with E-state index in [1.807, 2.05) is 42.1 Å². The van der Waals surface area contributed by atoms with Crippen molar-refractivity contribution in [3.8, 4) is 0 Å². The Balaban J connectivity index is 1.76. The molecule has 0 unspecified atom stereocenters. The quantitative estimate of drug-likeness (QED) is 0.455. The number of benzene rings is 2. The SMILES string of the molecule is CSc1cc(C(=O)CSc2nc3cc(Cl)ccc3n2C)ccc1NC(C)=O. The lowest BCUT2D eigenvalue weighted by Crippen LogP contribution is -2.08. The zero-order valence-corrected chi connectivity index (χ0v) is 17.5. The minimum Gasteiger partial charge on any atom is -0.325 e. The molecule has 2 aromatic carbocycles. The molecule has 0 radical (unpaired) electrons. The molecular weight excluding hydrogens is 402 g/mol. The number of carbonyl (C=O) groups is 2. The first-order valence-electron chi connectivity index (χ1n) is 8.12. The molecule has 8 heteroatoms. The Hall–Kier alpha value is -1.96. The minimum atomic E-state index is -0.137. The van der Waals surface area contributed by atoms with Crippen molar-refractivity contribution in [3.63, 3.8) is 0 Å². The number of rotatable bonds is 6. The Morgan fingerprint density at radius 2 is 2.00 bits per heavy atom. The van der Waals surface area contributed by atoms with Gasteiger partial charge in [-0.2, -0.15) is 0 Å². The number of anilines is 1.